The van der Waals surface area contributed by atoms with Crippen molar-refractivity contribution in [2.45, 2.75) is 4.90 Å². The molecule has 0 saturated heterocycles. The number of sulfonamides is 1. The molecule has 0 radical (unpaired) electrons. The number of halogens is 2. The number of anilines is 1. The first-order valence-corrected chi connectivity index (χ1v) is 12.0. The summed E-state index contributed by atoms with van der Waals surface area (Å²) in [4.78, 5) is 7.94. The zero-order valence-corrected chi connectivity index (χ0v) is 19.5. The molecule has 1 N–H and O–H groups in total. The first-order valence-electron chi connectivity index (χ1n) is 10.5. The van der Waals surface area contributed by atoms with Crippen molar-refractivity contribution in [3.8, 4) is 28.1 Å². The Morgan fingerprint density at radius 2 is 1.69 bits per heavy atom. The molecule has 3 aromatic heterocycles. The van der Waals surface area contributed by atoms with Gasteiger partial charge in [-0.1, -0.05) is 6.07 Å². The van der Waals surface area contributed by atoms with Gasteiger partial charge in [0.2, 0.25) is 5.88 Å². The Labute approximate surface area is 204 Å². The van der Waals surface area contributed by atoms with Crippen LogP contribution in [0.2, 0.25) is 0 Å². The largest absolute Gasteiger partial charge is 0.480 e. The van der Waals surface area contributed by atoms with Crippen LogP contribution in [0.4, 0.5) is 14.5 Å². The number of rotatable bonds is 6. The van der Waals surface area contributed by atoms with Crippen LogP contribution in [0.1, 0.15) is 0 Å². The van der Waals surface area contributed by atoms with Crippen molar-refractivity contribution < 1.29 is 21.9 Å². The molecule has 8 nitrogen and oxygen atoms in total. The van der Waals surface area contributed by atoms with E-state index in [-0.39, 0.29) is 11.6 Å². The van der Waals surface area contributed by atoms with Gasteiger partial charge in [0.25, 0.3) is 10.0 Å². The van der Waals surface area contributed by atoms with E-state index in [0.29, 0.717) is 17.1 Å². The monoisotopic (exact) mass is 505 g/mol. The lowest BCUT2D eigenvalue weighted by Gasteiger charge is -2.14. The van der Waals surface area contributed by atoms with Gasteiger partial charge >= 0.3 is 0 Å². The third kappa shape index (κ3) is 4.43. The van der Waals surface area contributed by atoms with Crippen molar-refractivity contribution in [1.82, 2.24) is 20.2 Å². The fourth-order valence-corrected chi connectivity index (χ4v) is 4.88. The van der Waals surface area contributed by atoms with Gasteiger partial charge in [-0.05, 0) is 53.6 Å². The van der Waals surface area contributed by atoms with E-state index in [0.717, 1.165) is 34.2 Å². The molecule has 180 valence electrons. The van der Waals surface area contributed by atoms with Crippen LogP contribution < -0.4 is 9.46 Å². The van der Waals surface area contributed by atoms with Gasteiger partial charge < -0.3 is 4.74 Å². The molecular formula is C25H17F2N5O3S. The predicted octanol–water partition coefficient (Wildman–Crippen LogP) is 4.84. The molecule has 0 saturated carbocycles. The first-order chi connectivity index (χ1) is 17.4. The Bertz CT molecular complexity index is 1700. The number of nitrogens with one attached hydrogen (secondary N) is 1. The van der Waals surface area contributed by atoms with E-state index >= 15 is 0 Å². The molecule has 0 aliphatic carbocycles. The third-order valence-electron chi connectivity index (χ3n) is 5.44. The van der Waals surface area contributed by atoms with Gasteiger partial charge in [0.1, 0.15) is 22.2 Å². The Hall–Kier alpha value is -4.51. The van der Waals surface area contributed by atoms with Gasteiger partial charge in [0, 0.05) is 35.0 Å². The molecule has 0 atom stereocenters. The van der Waals surface area contributed by atoms with Crippen LogP contribution in [0.5, 0.6) is 5.88 Å². The maximum Gasteiger partial charge on any atom is 0.264 e. The van der Waals surface area contributed by atoms with Crippen molar-refractivity contribution in [3.63, 3.8) is 0 Å². The molecular weight excluding hydrogens is 488 g/mol. The molecule has 0 unspecified atom stereocenters. The van der Waals surface area contributed by atoms with Gasteiger partial charge in [-0.3, -0.25) is 9.71 Å². The summed E-state index contributed by atoms with van der Waals surface area (Å²) >= 11 is 0. The Morgan fingerprint density at radius 1 is 0.833 bits per heavy atom. The average molecular weight is 506 g/mol. The molecule has 5 aromatic rings. The highest BCUT2D eigenvalue weighted by Gasteiger charge is 2.22. The van der Waals surface area contributed by atoms with E-state index in [1.165, 1.54) is 19.4 Å². The first kappa shape index (κ1) is 23.2. The molecule has 11 heteroatoms. The topological polar surface area (TPSA) is 107 Å². The summed E-state index contributed by atoms with van der Waals surface area (Å²) in [5, 5.41) is 8.51. The van der Waals surface area contributed by atoms with E-state index in [9.17, 15) is 17.2 Å². The van der Waals surface area contributed by atoms with E-state index in [4.69, 9.17) is 4.74 Å². The zero-order valence-electron chi connectivity index (χ0n) is 18.7. The fraction of sp³-hybridized carbons (Fsp3) is 0.0400. The van der Waals surface area contributed by atoms with E-state index in [2.05, 4.69) is 24.9 Å². The van der Waals surface area contributed by atoms with Crippen LogP contribution in [0.25, 0.3) is 33.2 Å². The zero-order chi connectivity index (χ0) is 25.3. The van der Waals surface area contributed by atoms with Gasteiger partial charge in [0.15, 0.2) is 0 Å². The molecule has 0 fully saturated rings. The van der Waals surface area contributed by atoms with Crippen molar-refractivity contribution in [3.05, 3.63) is 91.0 Å². The number of benzene rings is 2. The van der Waals surface area contributed by atoms with Crippen molar-refractivity contribution in [2.75, 3.05) is 11.8 Å². The van der Waals surface area contributed by atoms with Crippen LogP contribution in [0, 0.1) is 11.6 Å². The maximum absolute atomic E-state index is 14.2. The number of hydrogen-bond donors (Lipinski definition) is 1. The van der Waals surface area contributed by atoms with Gasteiger partial charge in [-0.2, -0.15) is 10.2 Å². The number of aromatic nitrogens is 4. The molecule has 0 bridgehead atoms. The SMILES string of the molecule is COc1ncc(-c2ccnc3ccc(-c4ccnnc4)cc23)cc1NS(=O)(=O)c1ccc(F)cc1F. The number of fused-ring (bicyclic) bond motifs is 1. The summed E-state index contributed by atoms with van der Waals surface area (Å²) in [6, 6.07) is 13.1. The molecule has 0 aliphatic heterocycles. The quantitative estimate of drug-likeness (QED) is 0.352. The van der Waals surface area contributed by atoms with Gasteiger partial charge in [0.05, 0.1) is 25.0 Å². The summed E-state index contributed by atoms with van der Waals surface area (Å²) in [6.45, 7) is 0. The molecule has 0 amide bonds. The Balaban J connectivity index is 1.60. The predicted molar refractivity (Wildman–Crippen MR) is 130 cm³/mol. The summed E-state index contributed by atoms with van der Waals surface area (Å²) in [6.07, 6.45) is 6.41. The van der Waals surface area contributed by atoms with Crippen molar-refractivity contribution >= 4 is 26.6 Å². The second kappa shape index (κ2) is 9.27. The van der Waals surface area contributed by atoms with Crippen LogP contribution in [-0.4, -0.2) is 35.7 Å². The van der Waals surface area contributed by atoms with Crippen LogP contribution in [0.3, 0.4) is 0 Å². The summed E-state index contributed by atoms with van der Waals surface area (Å²) in [5.41, 5.74) is 3.74. The smallest absolute Gasteiger partial charge is 0.264 e. The van der Waals surface area contributed by atoms with E-state index < -0.39 is 26.6 Å². The minimum atomic E-state index is -4.41. The second-order valence-electron chi connectivity index (χ2n) is 7.68. The minimum Gasteiger partial charge on any atom is -0.480 e. The highest BCUT2D eigenvalue weighted by atomic mass is 32.2. The maximum atomic E-state index is 14.2. The second-order valence-corrected chi connectivity index (χ2v) is 9.33. The van der Waals surface area contributed by atoms with Crippen LogP contribution >= 0.6 is 0 Å². The third-order valence-corrected chi connectivity index (χ3v) is 6.84. The lowest BCUT2D eigenvalue weighted by molar-refractivity contribution is 0.400. The number of ether oxygens (including phenoxy) is 1. The average Bonchev–Trinajstić information content (AvgIpc) is 2.88. The molecule has 5 rings (SSSR count). The number of methoxy groups -OCH3 is 1. The summed E-state index contributed by atoms with van der Waals surface area (Å²) < 4.78 is 60.8. The van der Waals surface area contributed by atoms with Gasteiger partial charge in [-0.15, -0.1) is 0 Å². The van der Waals surface area contributed by atoms with Crippen LogP contribution in [-0.2, 0) is 10.0 Å². The molecule has 0 spiro atoms. The van der Waals surface area contributed by atoms with Crippen molar-refractivity contribution in [2.24, 2.45) is 0 Å². The van der Waals surface area contributed by atoms with E-state index in [1.807, 2.05) is 24.3 Å². The molecule has 36 heavy (non-hydrogen) atoms. The molecule has 3 heterocycles. The lowest BCUT2D eigenvalue weighted by atomic mass is 9.99. The summed E-state index contributed by atoms with van der Waals surface area (Å²) in [5.74, 6) is -2.13. The highest BCUT2D eigenvalue weighted by molar-refractivity contribution is 7.92. The van der Waals surface area contributed by atoms with Crippen LogP contribution in [0.15, 0.2) is 84.3 Å². The molecule has 2 aromatic carbocycles. The number of nitrogens with zero attached hydrogens (tertiary/aromatic N) is 4. The normalized spacial score (nSPS) is 11.4. The fourth-order valence-electron chi connectivity index (χ4n) is 3.77. The van der Waals surface area contributed by atoms with E-state index in [1.54, 1.807) is 24.7 Å². The standard InChI is InChI=1S/C25H17F2N5O3S/c1-35-25-23(32-36(33,34)24-5-3-18(26)12-21(24)27)11-17(13-29-25)19-7-8-28-22-4-2-15(10-20(19)22)16-6-9-30-31-14-16/h2-14,32H,1H3. The highest BCUT2D eigenvalue weighted by Crippen LogP contribution is 2.35. The lowest BCUT2D eigenvalue weighted by Crippen LogP contribution is -2.15. The number of hydrogen-bond acceptors (Lipinski definition) is 7. The minimum absolute atomic E-state index is 0.0156. The number of pyridine rings is 2. The van der Waals surface area contributed by atoms with Gasteiger partial charge in [-0.25, -0.2) is 22.2 Å². The summed E-state index contributed by atoms with van der Waals surface area (Å²) in [7, 11) is -3.09. The Morgan fingerprint density at radius 3 is 2.44 bits per heavy atom. The molecule has 0 aliphatic rings. The van der Waals surface area contributed by atoms with Crippen molar-refractivity contribution in [1.29, 1.82) is 0 Å². The Kier molecular flexibility index (Phi) is 5.98.